The third kappa shape index (κ3) is 17.4. The molecule has 2 aromatic rings. The van der Waals surface area contributed by atoms with Crippen LogP contribution in [0.5, 0.6) is 0 Å². The minimum atomic E-state index is -1.10. The van der Waals surface area contributed by atoms with E-state index >= 15 is 0 Å². The minimum absolute atomic E-state index is 0.0419. The molecule has 6 heterocycles. The zero-order chi connectivity index (χ0) is 61.0. The molecule has 5 amide bonds. The zero-order valence-electron chi connectivity index (χ0n) is 51.3. The summed E-state index contributed by atoms with van der Waals surface area (Å²) in [6, 6.07) is 2.75. The number of hydrogen-bond donors (Lipinski definition) is 3. The number of likely N-dealkylation sites (tertiary alicyclic amines) is 3. The molecule has 6 fully saturated rings. The number of thiophene rings is 2. The van der Waals surface area contributed by atoms with Gasteiger partial charge in [0.2, 0.25) is 11.8 Å². The molecule has 0 radical (unpaired) electrons. The van der Waals surface area contributed by atoms with E-state index in [2.05, 4.69) is 42.8 Å². The molecule has 2 saturated carbocycles. The summed E-state index contributed by atoms with van der Waals surface area (Å²) in [6.45, 7) is 29.0. The van der Waals surface area contributed by atoms with Gasteiger partial charge in [-0.05, 0) is 171 Å². The molecule has 0 spiro atoms. The maximum Gasteiger partial charge on any atom is 0.410 e. The molecule has 0 bridgehead atoms. The van der Waals surface area contributed by atoms with Gasteiger partial charge in [-0.3, -0.25) is 9.59 Å². The topological polar surface area (TPSA) is 216 Å². The average Bonchev–Trinajstić information content (AvgIpc) is 2.96. The first-order valence-corrected chi connectivity index (χ1v) is 31.4. The Bertz CT molecular complexity index is 2850. The number of aromatic carboxylic acids is 2. The van der Waals surface area contributed by atoms with E-state index in [0.717, 1.165) is 87.0 Å². The normalized spacial score (nSPS) is 26.3. The molecule has 8 rings (SSSR count). The molecule has 2 unspecified atom stereocenters. The molecule has 6 aliphatic rings. The maximum absolute atomic E-state index is 14.2. The highest BCUT2D eigenvalue weighted by Crippen LogP contribution is 2.41. The smallest absolute Gasteiger partial charge is 0.410 e. The van der Waals surface area contributed by atoms with Gasteiger partial charge < -0.3 is 54.2 Å². The number of carbonyl (C=O) groups excluding carboxylic acids is 5. The summed E-state index contributed by atoms with van der Waals surface area (Å²) in [6.07, 6.45) is 7.94. The first kappa shape index (κ1) is 64.7. The van der Waals surface area contributed by atoms with Crippen molar-refractivity contribution >= 4 is 76.1 Å². The van der Waals surface area contributed by atoms with E-state index in [9.17, 15) is 43.8 Å². The van der Waals surface area contributed by atoms with Crippen LogP contribution in [0.1, 0.15) is 196 Å². The summed E-state index contributed by atoms with van der Waals surface area (Å²) in [5.41, 5.74) is -1.78. The number of nitrogens with zero attached hydrogens (tertiary/aromatic N) is 5. The van der Waals surface area contributed by atoms with Crippen LogP contribution in [0.4, 0.5) is 25.8 Å². The predicted molar refractivity (Wildman–Crippen MR) is 322 cm³/mol. The van der Waals surface area contributed by atoms with Gasteiger partial charge in [-0.25, -0.2) is 24.0 Å². The summed E-state index contributed by atoms with van der Waals surface area (Å²) < 4.78 is 17.3. The Labute approximate surface area is 499 Å². The molecule has 3 N–H and O–H groups in total. The molecule has 18 nitrogen and oxygen atoms in total. The SMILES string of the molecule is CC1CCC(C(=O)N(c2cc(C#CC(C)(C)C)sc2C(=O)O)[C@H]2CCN(C(=O)OC3(C)CCN(C(=O)OC(C)(C)C)C3)C2)CC1.CC1CCC(C(=O)N(c2cc(C#CC(C)(C)C)sc2C(=O)O)[C@H]2CCN(C(=O)OC3(C)CCNC3)C2)CC1. The van der Waals surface area contributed by atoms with Gasteiger partial charge >= 0.3 is 30.2 Å². The van der Waals surface area contributed by atoms with Crippen LogP contribution in [-0.2, 0) is 23.8 Å². The molecule has 0 aromatic carbocycles. The minimum Gasteiger partial charge on any atom is -0.477 e. The van der Waals surface area contributed by atoms with Crippen LogP contribution in [-0.4, -0.2) is 148 Å². The van der Waals surface area contributed by atoms with Gasteiger partial charge in [0.1, 0.15) is 26.6 Å². The van der Waals surface area contributed by atoms with E-state index in [1.165, 1.54) is 0 Å². The van der Waals surface area contributed by atoms with Crippen molar-refractivity contribution in [2.45, 2.75) is 196 Å². The Hall–Kier alpha value is -5.83. The predicted octanol–water partition coefficient (Wildman–Crippen LogP) is 11.6. The Morgan fingerprint density at radius 3 is 1.39 bits per heavy atom. The summed E-state index contributed by atoms with van der Waals surface area (Å²) in [4.78, 5) is 102. The van der Waals surface area contributed by atoms with Crippen molar-refractivity contribution in [3.8, 4) is 23.7 Å². The van der Waals surface area contributed by atoms with E-state index < -0.39 is 47.0 Å². The van der Waals surface area contributed by atoms with Gasteiger partial charge in [0.05, 0.1) is 39.8 Å². The molecule has 2 aliphatic carbocycles. The van der Waals surface area contributed by atoms with Crippen LogP contribution in [0, 0.1) is 58.2 Å². The van der Waals surface area contributed by atoms with Gasteiger partial charge in [0.15, 0.2) is 0 Å². The van der Waals surface area contributed by atoms with Gasteiger partial charge in [0.25, 0.3) is 0 Å². The van der Waals surface area contributed by atoms with Crippen molar-refractivity contribution in [2.75, 3.05) is 62.2 Å². The Balaban J connectivity index is 0.000000242. The lowest BCUT2D eigenvalue weighted by Gasteiger charge is -2.35. The Morgan fingerprint density at radius 2 is 1.01 bits per heavy atom. The lowest BCUT2D eigenvalue weighted by molar-refractivity contribution is -0.124. The van der Waals surface area contributed by atoms with Crippen molar-refractivity contribution in [1.82, 2.24) is 20.0 Å². The van der Waals surface area contributed by atoms with Gasteiger partial charge in [-0.15, -0.1) is 22.7 Å². The number of carboxylic acid groups (broad SMARTS) is 2. The van der Waals surface area contributed by atoms with Crippen LogP contribution in [0.15, 0.2) is 12.1 Å². The standard InChI is InChI=1S/C34H49N3O7S.C29H41N3O5S/c1-22-9-11-23(12-10-22)28(38)37(26-19-25(13-15-32(2,3)4)45-27(26)29(39)40)24-14-17-35(20-24)30(41)44-34(8)16-18-36(21-34)31(42)43-33(5,6)7;1-19-6-8-20(9-7-19)25(33)32(23-16-22(10-12-28(2,3)4)38-24(23)26(34)35)21-11-15-31(17-21)27(36)37-29(5)13-14-30-18-29/h19,22-24H,9-12,14,16-18,20-21H2,1-8H3,(H,39,40);16,19-21,30H,6-9,11,13-15,17-18H2,1-5H3,(H,34,35)/t22?,23?,24-,34?;19?,20?,21-,29?/m00/s1. The highest BCUT2D eigenvalue weighted by molar-refractivity contribution is 7.15. The van der Waals surface area contributed by atoms with Crippen LogP contribution < -0.4 is 15.1 Å². The number of hydrogen-bond acceptors (Lipinski definition) is 13. The number of rotatable bonds is 10. The molecule has 2 aromatic heterocycles. The molecule has 4 atom stereocenters. The first-order chi connectivity index (χ1) is 38.7. The second kappa shape index (κ2) is 26.2. The van der Waals surface area contributed by atoms with E-state index in [1.807, 2.05) is 76.2 Å². The fourth-order valence-electron chi connectivity index (χ4n) is 11.6. The lowest BCUT2D eigenvalue weighted by Crippen LogP contribution is -2.47. The van der Waals surface area contributed by atoms with Crippen LogP contribution >= 0.6 is 22.7 Å². The molecule has 4 aliphatic heterocycles. The van der Waals surface area contributed by atoms with Crippen LogP contribution in [0.3, 0.4) is 0 Å². The number of amides is 5. The van der Waals surface area contributed by atoms with Crippen LogP contribution in [0.2, 0.25) is 0 Å². The first-order valence-electron chi connectivity index (χ1n) is 29.8. The third-order valence-electron chi connectivity index (χ3n) is 16.3. The largest absolute Gasteiger partial charge is 0.477 e. The van der Waals surface area contributed by atoms with E-state index in [1.54, 1.807) is 36.6 Å². The van der Waals surface area contributed by atoms with Gasteiger partial charge in [-0.2, -0.15) is 0 Å². The molecule has 83 heavy (non-hydrogen) atoms. The lowest BCUT2D eigenvalue weighted by atomic mass is 9.82. The monoisotopic (exact) mass is 1190 g/mol. The maximum atomic E-state index is 14.2. The summed E-state index contributed by atoms with van der Waals surface area (Å²) in [5, 5.41) is 23.5. The van der Waals surface area contributed by atoms with Gasteiger partial charge in [-0.1, -0.05) is 37.5 Å². The summed E-state index contributed by atoms with van der Waals surface area (Å²) in [5.74, 6) is 11.0. The molecule has 4 saturated heterocycles. The summed E-state index contributed by atoms with van der Waals surface area (Å²) in [7, 11) is 0. The van der Waals surface area contributed by atoms with E-state index in [4.69, 9.17) is 14.2 Å². The van der Waals surface area contributed by atoms with E-state index in [-0.39, 0.29) is 69.5 Å². The highest BCUT2D eigenvalue weighted by Gasteiger charge is 2.46. The van der Waals surface area contributed by atoms with Crippen molar-refractivity contribution in [1.29, 1.82) is 0 Å². The molecule has 20 heteroatoms. The number of nitrogens with one attached hydrogen (secondary N) is 1. The quantitative estimate of drug-likeness (QED) is 0.149. The zero-order valence-corrected chi connectivity index (χ0v) is 52.9. The second-order valence-corrected chi connectivity index (χ2v) is 29.7. The Morgan fingerprint density at radius 1 is 0.590 bits per heavy atom. The van der Waals surface area contributed by atoms with Crippen molar-refractivity contribution in [3.63, 3.8) is 0 Å². The number of carbonyl (C=O) groups is 7. The summed E-state index contributed by atoms with van der Waals surface area (Å²) >= 11 is 2.19. The van der Waals surface area contributed by atoms with Gasteiger partial charge in [0, 0.05) is 74.8 Å². The fourth-order valence-corrected chi connectivity index (χ4v) is 13.3. The number of carboxylic acids is 2. The number of anilines is 2. The fraction of sp³-hybridized carbons (Fsp3) is 0.698. The second-order valence-electron chi connectivity index (χ2n) is 27.6. The molecular formula is C63H90N6O12S2. The number of ether oxygens (including phenoxy) is 3. The van der Waals surface area contributed by atoms with Crippen molar-refractivity contribution in [2.24, 2.45) is 34.5 Å². The third-order valence-corrected chi connectivity index (χ3v) is 18.4. The van der Waals surface area contributed by atoms with Crippen molar-refractivity contribution in [3.05, 3.63) is 31.6 Å². The highest BCUT2D eigenvalue weighted by atomic mass is 32.1. The molecule has 456 valence electrons. The Kier molecular flexibility index (Phi) is 20.4. The van der Waals surface area contributed by atoms with Crippen LogP contribution in [0.25, 0.3) is 0 Å². The average molecular weight is 1190 g/mol. The molecular weight excluding hydrogens is 1100 g/mol. The van der Waals surface area contributed by atoms with E-state index in [0.29, 0.717) is 85.0 Å². The van der Waals surface area contributed by atoms with Crippen molar-refractivity contribution < 1.29 is 58.0 Å².